The third kappa shape index (κ3) is 2.65. The van der Waals surface area contributed by atoms with E-state index in [0.717, 1.165) is 48.5 Å². The van der Waals surface area contributed by atoms with Crippen LogP contribution >= 0.6 is 0 Å². The predicted molar refractivity (Wildman–Crippen MR) is 79.3 cm³/mol. The lowest BCUT2D eigenvalue weighted by Gasteiger charge is -2.12. The molecule has 0 bridgehead atoms. The standard InChI is InChI=1S/C16H19N3O/c1-11-15(12-6-3-2-4-7-12)18-14(19-16(11)17)10-13-8-5-9-20-13/h2-4,6-7,13H,5,8-10H2,1H3,(H2,17,18,19). The number of hydrogen-bond donors (Lipinski definition) is 1. The molecular weight excluding hydrogens is 250 g/mol. The van der Waals surface area contributed by atoms with Crippen molar-refractivity contribution in [2.75, 3.05) is 12.3 Å². The Kier molecular flexibility index (Phi) is 3.65. The molecule has 2 aromatic rings. The van der Waals surface area contributed by atoms with E-state index in [0.29, 0.717) is 5.82 Å². The summed E-state index contributed by atoms with van der Waals surface area (Å²) in [5, 5.41) is 0. The van der Waals surface area contributed by atoms with E-state index in [4.69, 9.17) is 15.5 Å². The van der Waals surface area contributed by atoms with Crippen molar-refractivity contribution in [2.24, 2.45) is 0 Å². The first kappa shape index (κ1) is 13.1. The fraction of sp³-hybridized carbons (Fsp3) is 0.375. The Morgan fingerprint density at radius 2 is 2.05 bits per heavy atom. The Morgan fingerprint density at radius 3 is 2.75 bits per heavy atom. The molecule has 4 heteroatoms. The van der Waals surface area contributed by atoms with Gasteiger partial charge >= 0.3 is 0 Å². The normalized spacial score (nSPS) is 18.4. The second-order valence-electron chi connectivity index (χ2n) is 5.20. The molecule has 104 valence electrons. The molecule has 1 saturated heterocycles. The van der Waals surface area contributed by atoms with Crippen LogP contribution in [0.15, 0.2) is 30.3 Å². The molecule has 20 heavy (non-hydrogen) atoms. The van der Waals surface area contributed by atoms with E-state index in [-0.39, 0.29) is 6.10 Å². The average Bonchev–Trinajstić information content (AvgIpc) is 2.96. The van der Waals surface area contributed by atoms with Crippen LogP contribution < -0.4 is 5.73 Å². The van der Waals surface area contributed by atoms with Crippen LogP contribution in [0.5, 0.6) is 0 Å². The molecule has 1 aromatic heterocycles. The largest absolute Gasteiger partial charge is 0.383 e. The molecule has 0 radical (unpaired) electrons. The molecule has 1 fully saturated rings. The molecule has 4 nitrogen and oxygen atoms in total. The Labute approximate surface area is 119 Å². The molecule has 0 saturated carbocycles. The first-order valence-electron chi connectivity index (χ1n) is 7.04. The van der Waals surface area contributed by atoms with E-state index >= 15 is 0 Å². The third-order valence-corrected chi connectivity index (χ3v) is 3.71. The average molecular weight is 269 g/mol. The van der Waals surface area contributed by atoms with Crippen LogP contribution in [0, 0.1) is 6.92 Å². The van der Waals surface area contributed by atoms with Crippen LogP contribution in [0.2, 0.25) is 0 Å². The van der Waals surface area contributed by atoms with Crippen molar-refractivity contribution in [3.05, 3.63) is 41.7 Å². The highest BCUT2D eigenvalue weighted by atomic mass is 16.5. The number of rotatable bonds is 3. The van der Waals surface area contributed by atoms with Gasteiger partial charge in [-0.1, -0.05) is 30.3 Å². The number of nitrogen functional groups attached to an aromatic ring is 1. The molecule has 1 aromatic carbocycles. The zero-order valence-corrected chi connectivity index (χ0v) is 11.7. The van der Waals surface area contributed by atoms with E-state index < -0.39 is 0 Å². The molecule has 1 aliphatic heterocycles. The van der Waals surface area contributed by atoms with Crippen molar-refractivity contribution in [1.82, 2.24) is 9.97 Å². The fourth-order valence-corrected chi connectivity index (χ4v) is 2.56. The van der Waals surface area contributed by atoms with Crippen molar-refractivity contribution in [3.63, 3.8) is 0 Å². The summed E-state index contributed by atoms with van der Waals surface area (Å²) in [6.45, 7) is 2.81. The van der Waals surface area contributed by atoms with Crippen LogP contribution in [-0.4, -0.2) is 22.7 Å². The Balaban J connectivity index is 1.95. The summed E-state index contributed by atoms with van der Waals surface area (Å²) in [5.74, 6) is 1.34. The van der Waals surface area contributed by atoms with Gasteiger partial charge in [-0.3, -0.25) is 0 Å². The maximum Gasteiger partial charge on any atom is 0.134 e. The van der Waals surface area contributed by atoms with Gasteiger partial charge < -0.3 is 10.5 Å². The number of hydrogen-bond acceptors (Lipinski definition) is 4. The molecular formula is C16H19N3O. The molecule has 2 N–H and O–H groups in total. The van der Waals surface area contributed by atoms with Crippen LogP contribution in [-0.2, 0) is 11.2 Å². The van der Waals surface area contributed by atoms with Crippen molar-refractivity contribution >= 4 is 5.82 Å². The molecule has 0 amide bonds. The Hall–Kier alpha value is -1.94. The van der Waals surface area contributed by atoms with Crippen molar-refractivity contribution < 1.29 is 4.74 Å². The van der Waals surface area contributed by atoms with Crippen molar-refractivity contribution in [3.8, 4) is 11.3 Å². The SMILES string of the molecule is Cc1c(N)nc(CC2CCCO2)nc1-c1ccccc1. The van der Waals surface area contributed by atoms with Gasteiger partial charge in [-0.25, -0.2) is 9.97 Å². The molecule has 0 aliphatic carbocycles. The monoisotopic (exact) mass is 269 g/mol. The maximum absolute atomic E-state index is 6.04. The molecule has 2 heterocycles. The van der Waals surface area contributed by atoms with Gasteiger partial charge in [-0.2, -0.15) is 0 Å². The smallest absolute Gasteiger partial charge is 0.134 e. The minimum Gasteiger partial charge on any atom is -0.383 e. The first-order chi connectivity index (χ1) is 9.74. The summed E-state index contributed by atoms with van der Waals surface area (Å²) < 4.78 is 5.65. The highest BCUT2D eigenvalue weighted by Crippen LogP contribution is 2.25. The summed E-state index contributed by atoms with van der Waals surface area (Å²) in [7, 11) is 0. The number of benzene rings is 1. The van der Waals surface area contributed by atoms with Crippen LogP contribution in [0.3, 0.4) is 0 Å². The first-order valence-corrected chi connectivity index (χ1v) is 7.04. The van der Waals surface area contributed by atoms with E-state index in [1.54, 1.807) is 0 Å². The van der Waals surface area contributed by atoms with E-state index in [1.807, 2.05) is 37.3 Å². The summed E-state index contributed by atoms with van der Waals surface area (Å²) in [6, 6.07) is 10.1. The summed E-state index contributed by atoms with van der Waals surface area (Å²) in [6.07, 6.45) is 3.18. The lowest BCUT2D eigenvalue weighted by Crippen LogP contribution is -2.13. The molecule has 1 aliphatic rings. The van der Waals surface area contributed by atoms with Crippen LogP contribution in [0.4, 0.5) is 5.82 Å². The molecule has 1 unspecified atom stereocenters. The highest BCUT2D eigenvalue weighted by Gasteiger charge is 2.19. The topological polar surface area (TPSA) is 61.0 Å². The molecule has 1 atom stereocenters. The summed E-state index contributed by atoms with van der Waals surface area (Å²) in [5.41, 5.74) is 8.98. The third-order valence-electron chi connectivity index (χ3n) is 3.71. The minimum absolute atomic E-state index is 0.237. The van der Waals surface area contributed by atoms with Gasteiger partial charge in [-0.15, -0.1) is 0 Å². The second-order valence-corrected chi connectivity index (χ2v) is 5.20. The molecule has 3 rings (SSSR count). The van der Waals surface area contributed by atoms with Crippen LogP contribution in [0.1, 0.15) is 24.2 Å². The van der Waals surface area contributed by atoms with Crippen molar-refractivity contribution in [2.45, 2.75) is 32.3 Å². The van der Waals surface area contributed by atoms with E-state index in [2.05, 4.69) is 4.98 Å². The highest BCUT2D eigenvalue weighted by molar-refractivity contribution is 5.67. The van der Waals surface area contributed by atoms with Gasteiger partial charge in [0.2, 0.25) is 0 Å². The van der Waals surface area contributed by atoms with Gasteiger partial charge in [0, 0.05) is 24.2 Å². The number of ether oxygens (including phenoxy) is 1. The molecule has 0 spiro atoms. The zero-order valence-electron chi connectivity index (χ0n) is 11.7. The summed E-state index contributed by atoms with van der Waals surface area (Å²) in [4.78, 5) is 9.10. The fourth-order valence-electron chi connectivity index (χ4n) is 2.56. The van der Waals surface area contributed by atoms with Gasteiger partial charge in [0.1, 0.15) is 11.6 Å². The van der Waals surface area contributed by atoms with Gasteiger partial charge in [0.05, 0.1) is 11.8 Å². The zero-order chi connectivity index (χ0) is 13.9. The van der Waals surface area contributed by atoms with Crippen LogP contribution in [0.25, 0.3) is 11.3 Å². The van der Waals surface area contributed by atoms with Gasteiger partial charge in [0.15, 0.2) is 0 Å². The second kappa shape index (κ2) is 5.59. The van der Waals surface area contributed by atoms with Gasteiger partial charge in [0.25, 0.3) is 0 Å². The number of nitrogens with zero attached hydrogens (tertiary/aromatic N) is 2. The lowest BCUT2D eigenvalue weighted by atomic mass is 10.1. The Morgan fingerprint density at radius 1 is 1.25 bits per heavy atom. The predicted octanol–water partition coefficient (Wildman–Crippen LogP) is 2.76. The number of anilines is 1. The van der Waals surface area contributed by atoms with Gasteiger partial charge in [-0.05, 0) is 19.8 Å². The lowest BCUT2D eigenvalue weighted by molar-refractivity contribution is 0.110. The van der Waals surface area contributed by atoms with E-state index in [1.165, 1.54) is 0 Å². The minimum atomic E-state index is 0.237. The quantitative estimate of drug-likeness (QED) is 0.930. The summed E-state index contributed by atoms with van der Waals surface area (Å²) >= 11 is 0. The van der Waals surface area contributed by atoms with Crippen molar-refractivity contribution in [1.29, 1.82) is 0 Å². The van der Waals surface area contributed by atoms with E-state index in [9.17, 15) is 0 Å². The number of nitrogens with two attached hydrogens (primary N) is 1. The Bertz CT molecular complexity index is 592. The number of aromatic nitrogens is 2. The maximum atomic E-state index is 6.04.